The fourth-order valence-electron chi connectivity index (χ4n) is 15.7. The number of nitrogens with zero attached hydrogens (tertiary/aromatic N) is 3. The number of allylic oxidation sites excluding steroid dienone is 12. The van der Waals surface area contributed by atoms with E-state index in [1.165, 1.54) is 0 Å². The summed E-state index contributed by atoms with van der Waals surface area (Å²) in [5, 5.41) is 10.8. The molecule has 3 N–H and O–H groups in total. The van der Waals surface area contributed by atoms with Gasteiger partial charge in [-0.15, -0.1) is 15.0 Å². The van der Waals surface area contributed by atoms with E-state index in [4.69, 9.17) is 29.2 Å². The van der Waals surface area contributed by atoms with Gasteiger partial charge >= 0.3 is 18.0 Å². The normalized spacial score (nSPS) is 23.9. The van der Waals surface area contributed by atoms with Gasteiger partial charge < -0.3 is 30.2 Å². The Labute approximate surface area is 509 Å². The van der Waals surface area contributed by atoms with Gasteiger partial charge in [0.25, 0.3) is 0 Å². The minimum atomic E-state index is -0.628. The summed E-state index contributed by atoms with van der Waals surface area (Å²) in [5.74, 6) is -0.945. The van der Waals surface area contributed by atoms with Crippen LogP contribution in [0.15, 0.2) is 140 Å². The number of ketones is 6. The van der Waals surface area contributed by atoms with Gasteiger partial charge in [0.1, 0.15) is 17.2 Å². The Morgan fingerprint density at radius 2 is 0.506 bits per heavy atom. The molecule has 0 unspecified atom stereocenters. The first kappa shape index (κ1) is 58.0. The van der Waals surface area contributed by atoms with E-state index in [0.717, 1.165) is 34.2 Å². The average molecular weight is 1170 g/mol. The van der Waals surface area contributed by atoms with E-state index in [1.54, 1.807) is 18.2 Å². The van der Waals surface area contributed by atoms with Crippen molar-refractivity contribution in [3.05, 3.63) is 157 Å². The highest BCUT2D eigenvalue weighted by molar-refractivity contribution is 6.09. The lowest BCUT2D eigenvalue weighted by Gasteiger charge is -2.44. The zero-order chi connectivity index (χ0) is 61.7. The highest BCUT2D eigenvalue weighted by Gasteiger charge is 2.50. The topological polar surface area (TPSA) is 205 Å². The summed E-state index contributed by atoms with van der Waals surface area (Å²) >= 11 is 0. The molecule has 6 aliphatic carbocycles. The van der Waals surface area contributed by atoms with E-state index in [9.17, 15) is 28.8 Å². The van der Waals surface area contributed by atoms with E-state index in [0.29, 0.717) is 144 Å². The molecule has 15 heteroatoms. The van der Waals surface area contributed by atoms with Crippen molar-refractivity contribution in [3.63, 3.8) is 0 Å². The fourth-order valence-corrected chi connectivity index (χ4v) is 15.7. The minimum Gasteiger partial charge on any atom is -0.424 e. The molecule has 0 radical (unpaired) electrons. The zero-order valence-electron chi connectivity index (χ0n) is 52.2. The summed E-state index contributed by atoms with van der Waals surface area (Å²) in [6.45, 7) is 25.1. The van der Waals surface area contributed by atoms with E-state index >= 15 is 0 Å². The molecule has 0 fully saturated rings. The molecule has 0 spiro atoms. The largest absolute Gasteiger partial charge is 0.424 e. The first-order valence-electron chi connectivity index (χ1n) is 30.8. The number of hydrogen-bond acceptors (Lipinski definition) is 15. The molecule has 0 bridgehead atoms. The summed E-state index contributed by atoms with van der Waals surface area (Å²) < 4.78 is 19.9. The van der Waals surface area contributed by atoms with Crippen molar-refractivity contribution in [2.45, 2.75) is 178 Å². The highest BCUT2D eigenvalue weighted by Crippen LogP contribution is 2.55. The predicted molar refractivity (Wildman–Crippen MR) is 327 cm³/mol. The van der Waals surface area contributed by atoms with Crippen LogP contribution >= 0.6 is 0 Å². The Balaban J connectivity index is 0.895. The van der Waals surface area contributed by atoms with Gasteiger partial charge in [-0.1, -0.05) is 119 Å². The third kappa shape index (κ3) is 11.0. The molecule has 3 aromatic carbocycles. The lowest BCUT2D eigenvalue weighted by molar-refractivity contribution is -0.120. The second-order valence-electron chi connectivity index (χ2n) is 30.9. The van der Waals surface area contributed by atoms with Gasteiger partial charge in [-0.25, -0.2) is 0 Å². The Morgan fingerprint density at radius 1 is 0.310 bits per heavy atom. The number of hydrogen-bond donors (Lipinski definition) is 3. The summed E-state index contributed by atoms with van der Waals surface area (Å²) in [7, 11) is 0. The standard InChI is InChI=1S/C72H78N6O9/c1-67(2)25-43-58(49(79)31-67)55(59-44(73-43)26-68(3,4)32-50(59)80)37-16-13-19-40(22-37)85-64-76-65(86-41-20-14-17-38(23-41)56-60-45(27-69(5,6)33-51(60)81)74-46-28-70(7,8)34-52(82)61(46)56)78-66(77-64)87-42-21-15-18-39(24-42)57-62-47(29-71(9,10)35-53(62)83)75-48-30-72(11,12)36-54(84)63(48)57/h13-24,55-57,73-75H,25-36H2,1-12H3. The van der Waals surface area contributed by atoms with Crippen LogP contribution in [0.25, 0.3) is 0 Å². The smallest absolute Gasteiger partial charge is 0.331 e. The van der Waals surface area contributed by atoms with Gasteiger partial charge in [-0.3, -0.25) is 28.8 Å². The monoisotopic (exact) mass is 1170 g/mol. The third-order valence-electron chi connectivity index (χ3n) is 18.9. The van der Waals surface area contributed by atoms with Gasteiger partial charge in [-0.05, 0) is 124 Å². The molecule has 450 valence electrons. The van der Waals surface area contributed by atoms with E-state index in [2.05, 4.69) is 99.0 Å². The third-order valence-corrected chi connectivity index (χ3v) is 18.9. The van der Waals surface area contributed by atoms with E-state index in [-0.39, 0.29) is 85.2 Å². The first-order valence-corrected chi connectivity index (χ1v) is 30.8. The number of benzene rings is 3. The molecule has 13 rings (SSSR count). The zero-order valence-corrected chi connectivity index (χ0v) is 52.2. The molecule has 15 nitrogen and oxygen atoms in total. The van der Waals surface area contributed by atoms with Gasteiger partial charge in [0, 0.05) is 124 Å². The molecule has 4 aromatic rings. The molecule has 0 saturated carbocycles. The predicted octanol–water partition coefficient (Wildman–Crippen LogP) is 14.2. The SMILES string of the molecule is CC1(C)CC(=O)C2=C(C1)NC1=C(C(=O)CC(C)(C)C1)C2c1cccc(Oc2nc(Oc3cccc(C4C5=C(CC(C)(C)CC5=O)NC5=C4C(=O)CC(C)(C)C5)c3)nc(Oc3cccc(C4C5=C(CC(C)(C)CC5=O)NC5=C4C(=O)CC(C)(C)C5)c3)n2)c1. The Bertz CT molecular complexity index is 3420. The van der Waals surface area contributed by atoms with Crippen LogP contribution in [0.5, 0.6) is 35.3 Å². The molecular formula is C72H78N6O9. The van der Waals surface area contributed by atoms with Crippen LogP contribution in [0, 0.1) is 32.5 Å². The molecule has 0 amide bonds. The fraction of sp³-hybridized carbons (Fsp3) is 0.458. The van der Waals surface area contributed by atoms with Crippen LogP contribution in [0.4, 0.5) is 0 Å². The number of carbonyl (C=O) groups is 6. The Hall–Kier alpha value is -8.07. The molecule has 9 aliphatic rings. The lowest BCUT2D eigenvalue weighted by Crippen LogP contribution is -2.42. The van der Waals surface area contributed by atoms with Gasteiger partial charge in [0.15, 0.2) is 34.7 Å². The first-order chi connectivity index (χ1) is 40.9. The van der Waals surface area contributed by atoms with Crippen LogP contribution in [0.1, 0.15) is 195 Å². The second kappa shape index (κ2) is 20.2. The molecular weight excluding hydrogens is 1090 g/mol. The van der Waals surface area contributed by atoms with Crippen LogP contribution in [-0.4, -0.2) is 49.7 Å². The maximum absolute atomic E-state index is 14.3. The number of nitrogens with one attached hydrogen (secondary N) is 3. The number of carbonyl (C=O) groups excluding carboxylic acids is 6. The van der Waals surface area contributed by atoms with Crippen LogP contribution in [0.3, 0.4) is 0 Å². The Kier molecular flexibility index (Phi) is 13.5. The van der Waals surface area contributed by atoms with Crippen molar-refractivity contribution >= 4 is 34.7 Å². The number of Topliss-reactive ketones (excluding diaryl/α,β-unsaturated/α-hetero) is 6. The van der Waals surface area contributed by atoms with E-state index in [1.807, 2.05) is 54.6 Å². The van der Waals surface area contributed by atoms with Crippen LogP contribution in [-0.2, 0) is 28.8 Å². The molecule has 0 atom stereocenters. The summed E-state index contributed by atoms with van der Waals surface area (Å²) in [5.41, 5.74) is 9.19. The Morgan fingerprint density at radius 3 is 0.701 bits per heavy atom. The van der Waals surface area contributed by atoms with Crippen molar-refractivity contribution in [2.24, 2.45) is 32.5 Å². The molecule has 1 aromatic heterocycles. The van der Waals surface area contributed by atoms with Crippen LogP contribution in [0.2, 0.25) is 0 Å². The second-order valence-corrected chi connectivity index (χ2v) is 30.9. The molecule has 4 heterocycles. The average Bonchev–Trinajstić information content (AvgIpc) is 0.836. The molecule has 0 saturated heterocycles. The van der Waals surface area contributed by atoms with Crippen LogP contribution < -0.4 is 30.2 Å². The van der Waals surface area contributed by atoms with Gasteiger partial charge in [0.05, 0.1) is 0 Å². The minimum absolute atomic E-state index is 0.000403. The number of rotatable bonds is 9. The summed E-state index contributed by atoms with van der Waals surface area (Å²) in [6.07, 6.45) is 5.97. The van der Waals surface area contributed by atoms with Crippen molar-refractivity contribution in [3.8, 4) is 35.3 Å². The maximum atomic E-state index is 14.3. The van der Waals surface area contributed by atoms with Crippen molar-refractivity contribution < 1.29 is 43.0 Å². The van der Waals surface area contributed by atoms with E-state index < -0.39 is 17.8 Å². The number of aromatic nitrogens is 3. The lowest BCUT2D eigenvalue weighted by atomic mass is 9.64. The maximum Gasteiger partial charge on any atom is 0.331 e. The number of dihydropyridines is 3. The van der Waals surface area contributed by atoms with Crippen molar-refractivity contribution in [2.75, 3.05) is 0 Å². The summed E-state index contributed by atoms with van der Waals surface area (Å²) in [6, 6.07) is 21.4. The summed E-state index contributed by atoms with van der Waals surface area (Å²) in [4.78, 5) is 100. The molecule has 87 heavy (non-hydrogen) atoms. The molecule has 3 aliphatic heterocycles. The van der Waals surface area contributed by atoms with Crippen molar-refractivity contribution in [1.82, 2.24) is 30.9 Å². The number of ether oxygens (including phenoxy) is 3. The van der Waals surface area contributed by atoms with Gasteiger partial charge in [-0.2, -0.15) is 0 Å². The van der Waals surface area contributed by atoms with Gasteiger partial charge in [0.2, 0.25) is 0 Å². The quantitative estimate of drug-likeness (QED) is 0.143. The van der Waals surface area contributed by atoms with Crippen molar-refractivity contribution in [1.29, 1.82) is 0 Å². The highest BCUT2D eigenvalue weighted by atomic mass is 16.5.